The molecule has 0 aromatic heterocycles. The molecule has 0 amide bonds. The van der Waals surface area contributed by atoms with Crippen molar-refractivity contribution in [2.24, 2.45) is 0 Å². The topological polar surface area (TPSA) is 57.5 Å². The molecule has 0 bridgehead atoms. The molecule has 0 saturated heterocycles. The van der Waals surface area contributed by atoms with Crippen molar-refractivity contribution < 1.29 is 14.8 Å². The highest BCUT2D eigenvalue weighted by Crippen LogP contribution is 2.46. The van der Waals surface area contributed by atoms with Gasteiger partial charge in [-0.3, -0.25) is 0 Å². The number of aliphatic hydroxyl groups is 2. The quantitative estimate of drug-likeness (QED) is 0.756. The van der Waals surface area contributed by atoms with Gasteiger partial charge < -0.3 is 14.8 Å². The molecule has 15 heavy (non-hydrogen) atoms. The van der Waals surface area contributed by atoms with Crippen LogP contribution in [0.5, 0.6) is 0 Å². The number of rotatable bonds is 5. The second kappa shape index (κ2) is 5.26. The third-order valence-electron chi connectivity index (χ3n) is 2.20. The summed E-state index contributed by atoms with van der Waals surface area (Å²) < 4.78 is 11.8. The zero-order valence-corrected chi connectivity index (χ0v) is 9.36. The molecule has 0 saturated carbocycles. The molecule has 0 fully saturated rings. The molecule has 0 radical (unpaired) electrons. The highest BCUT2D eigenvalue weighted by molar-refractivity contribution is 7.62. The van der Waals surface area contributed by atoms with Gasteiger partial charge in [-0.15, -0.1) is 0 Å². The molecule has 3 nitrogen and oxygen atoms in total. The predicted molar refractivity (Wildman–Crippen MR) is 62.0 cm³/mol. The van der Waals surface area contributed by atoms with E-state index in [4.69, 9.17) is 10.2 Å². The molecule has 0 aliphatic rings. The lowest BCUT2D eigenvalue weighted by Crippen LogP contribution is -1.97. The summed E-state index contributed by atoms with van der Waals surface area (Å²) in [6.07, 6.45) is 1.05. The first-order valence-corrected chi connectivity index (χ1v) is 6.90. The van der Waals surface area contributed by atoms with Crippen LogP contribution in [0.3, 0.4) is 0 Å². The van der Waals surface area contributed by atoms with Gasteiger partial charge in [0, 0.05) is 6.16 Å². The third kappa shape index (κ3) is 3.31. The molecule has 0 unspecified atom stereocenters. The summed E-state index contributed by atoms with van der Waals surface area (Å²) in [6, 6.07) is 7.38. The van der Waals surface area contributed by atoms with Gasteiger partial charge >= 0.3 is 0 Å². The number of aliphatic hydroxyl groups excluding tert-OH is 2. The average molecular weight is 226 g/mol. The van der Waals surface area contributed by atoms with Crippen molar-refractivity contribution in [2.45, 2.75) is 6.16 Å². The third-order valence-corrected chi connectivity index (χ3v) is 4.17. The summed E-state index contributed by atoms with van der Waals surface area (Å²) in [5.74, 6) is 0. The van der Waals surface area contributed by atoms with Gasteiger partial charge in [0.25, 0.3) is 0 Å². The molecular formula is C11H15O3P. The van der Waals surface area contributed by atoms with Crippen LogP contribution in [-0.2, 0) is 10.7 Å². The Labute approximate surface area is 89.4 Å². The van der Waals surface area contributed by atoms with Gasteiger partial charge in [0.15, 0.2) is 0 Å². The second-order valence-electron chi connectivity index (χ2n) is 3.44. The van der Waals surface area contributed by atoms with Gasteiger partial charge in [-0.05, 0) is 11.1 Å². The normalized spacial score (nSPS) is 11.3. The van der Waals surface area contributed by atoms with E-state index in [2.05, 4.69) is 6.58 Å². The molecule has 82 valence electrons. The molecule has 1 aromatic carbocycles. The lowest BCUT2D eigenvalue weighted by atomic mass is 10.1. The van der Waals surface area contributed by atoms with Gasteiger partial charge in [-0.2, -0.15) is 0 Å². The van der Waals surface area contributed by atoms with Crippen LogP contribution in [0.4, 0.5) is 0 Å². The van der Waals surface area contributed by atoms with Gasteiger partial charge in [0.2, 0.25) is 0 Å². The van der Waals surface area contributed by atoms with E-state index in [-0.39, 0.29) is 6.16 Å². The van der Waals surface area contributed by atoms with E-state index >= 15 is 0 Å². The van der Waals surface area contributed by atoms with E-state index in [0.717, 1.165) is 11.1 Å². The summed E-state index contributed by atoms with van der Waals surface area (Å²) >= 11 is 0. The zero-order chi connectivity index (χ0) is 11.3. The molecule has 0 heterocycles. The predicted octanol–water partition coefficient (Wildman–Crippen LogP) is 2.09. The van der Waals surface area contributed by atoms with Gasteiger partial charge in [0.05, 0.1) is 12.7 Å². The summed E-state index contributed by atoms with van der Waals surface area (Å²) in [6.45, 7) is 3.63. The van der Waals surface area contributed by atoms with Crippen LogP contribution in [0.1, 0.15) is 11.1 Å². The molecule has 2 N–H and O–H groups in total. The molecule has 0 aliphatic carbocycles. The number of hydrogen-bond donors (Lipinski definition) is 2. The van der Waals surface area contributed by atoms with Gasteiger partial charge in [0.1, 0.15) is 7.14 Å². The standard InChI is InChI=1S/C11H15O3P/c1-2-10-3-5-11(6-4-10)7-15(14,8-12)9-13/h2-6,12-13H,1,7-9H2. The molecule has 0 aliphatic heterocycles. The molecule has 0 spiro atoms. The lowest BCUT2D eigenvalue weighted by Gasteiger charge is -2.12. The van der Waals surface area contributed by atoms with E-state index in [9.17, 15) is 4.57 Å². The minimum atomic E-state index is -2.84. The van der Waals surface area contributed by atoms with E-state index < -0.39 is 19.8 Å². The summed E-state index contributed by atoms with van der Waals surface area (Å²) in [5.41, 5.74) is 1.84. The maximum Gasteiger partial charge on any atom is 0.140 e. The van der Waals surface area contributed by atoms with Crippen LogP contribution < -0.4 is 0 Å². The van der Waals surface area contributed by atoms with Crippen LogP contribution in [-0.4, -0.2) is 22.9 Å². The lowest BCUT2D eigenvalue weighted by molar-refractivity contribution is 0.324. The Hall–Kier alpha value is -0.890. The Morgan fingerprint density at radius 1 is 1.20 bits per heavy atom. The van der Waals surface area contributed by atoms with Crippen LogP contribution >= 0.6 is 7.14 Å². The second-order valence-corrected chi connectivity index (χ2v) is 6.44. The van der Waals surface area contributed by atoms with Crippen LogP contribution in [0.25, 0.3) is 6.08 Å². The van der Waals surface area contributed by atoms with Crippen LogP contribution in [0.2, 0.25) is 0 Å². The molecule has 1 rings (SSSR count). The van der Waals surface area contributed by atoms with Gasteiger partial charge in [-0.1, -0.05) is 36.9 Å². The Morgan fingerprint density at radius 2 is 1.73 bits per heavy atom. The summed E-state index contributed by atoms with van der Waals surface area (Å²) in [7, 11) is -2.84. The Kier molecular flexibility index (Phi) is 4.28. The number of hydrogen-bond acceptors (Lipinski definition) is 3. The fourth-order valence-electron chi connectivity index (χ4n) is 1.24. The molecule has 1 aromatic rings. The minimum Gasteiger partial charge on any atom is -0.389 e. The van der Waals surface area contributed by atoms with E-state index in [1.54, 1.807) is 6.08 Å². The van der Waals surface area contributed by atoms with Crippen LogP contribution in [0.15, 0.2) is 30.8 Å². The van der Waals surface area contributed by atoms with Crippen molar-refractivity contribution in [3.8, 4) is 0 Å². The van der Waals surface area contributed by atoms with Crippen molar-refractivity contribution in [3.05, 3.63) is 42.0 Å². The first-order chi connectivity index (χ1) is 7.13. The van der Waals surface area contributed by atoms with Gasteiger partial charge in [-0.25, -0.2) is 0 Å². The Balaban J connectivity index is 2.80. The maximum absolute atomic E-state index is 11.8. The Morgan fingerprint density at radius 3 is 2.13 bits per heavy atom. The fourth-order valence-corrected chi connectivity index (χ4v) is 2.40. The van der Waals surface area contributed by atoms with E-state index in [0.29, 0.717) is 0 Å². The van der Waals surface area contributed by atoms with Crippen molar-refractivity contribution in [1.82, 2.24) is 0 Å². The van der Waals surface area contributed by atoms with Crippen molar-refractivity contribution >= 4 is 13.2 Å². The smallest absolute Gasteiger partial charge is 0.140 e. The zero-order valence-electron chi connectivity index (χ0n) is 8.47. The summed E-state index contributed by atoms with van der Waals surface area (Å²) in [5, 5.41) is 17.8. The van der Waals surface area contributed by atoms with Crippen molar-refractivity contribution in [2.75, 3.05) is 12.7 Å². The average Bonchev–Trinajstić information content (AvgIpc) is 2.30. The van der Waals surface area contributed by atoms with Crippen molar-refractivity contribution in [1.29, 1.82) is 0 Å². The molecule has 4 heteroatoms. The maximum atomic E-state index is 11.8. The van der Waals surface area contributed by atoms with Crippen molar-refractivity contribution in [3.63, 3.8) is 0 Å². The van der Waals surface area contributed by atoms with E-state index in [1.807, 2.05) is 24.3 Å². The molecular weight excluding hydrogens is 211 g/mol. The first kappa shape index (κ1) is 12.2. The largest absolute Gasteiger partial charge is 0.389 e. The highest BCUT2D eigenvalue weighted by atomic mass is 31.2. The van der Waals surface area contributed by atoms with E-state index in [1.165, 1.54) is 0 Å². The highest BCUT2D eigenvalue weighted by Gasteiger charge is 2.19. The summed E-state index contributed by atoms with van der Waals surface area (Å²) in [4.78, 5) is 0. The monoisotopic (exact) mass is 226 g/mol. The number of benzene rings is 1. The first-order valence-electron chi connectivity index (χ1n) is 4.64. The SMILES string of the molecule is C=Cc1ccc(CP(=O)(CO)CO)cc1. The fraction of sp³-hybridized carbons (Fsp3) is 0.273. The minimum absolute atomic E-state index is 0.234. The molecule has 0 atom stereocenters. The van der Waals surface area contributed by atoms with Crippen LogP contribution in [0, 0.1) is 0 Å². The Bertz CT molecular complexity index is 362.